The molecule has 74 valence electrons. The average molecular weight is 181 g/mol. The number of isocyanates is 1. The molecule has 0 spiro atoms. The second-order valence-electron chi connectivity index (χ2n) is 4.06. The van der Waals surface area contributed by atoms with Gasteiger partial charge in [0.05, 0.1) is 6.54 Å². The fourth-order valence-corrected chi connectivity index (χ4v) is 2.22. The Morgan fingerprint density at radius 3 is 2.38 bits per heavy atom. The molecule has 0 aromatic rings. The maximum atomic E-state index is 9.85. The molecule has 0 aliphatic heterocycles. The van der Waals surface area contributed by atoms with E-state index in [1.165, 1.54) is 32.1 Å². The van der Waals surface area contributed by atoms with Crippen molar-refractivity contribution < 1.29 is 4.79 Å². The van der Waals surface area contributed by atoms with Gasteiger partial charge in [-0.1, -0.05) is 39.0 Å². The normalized spacial score (nSPS) is 28.1. The number of hydrogen-bond donors (Lipinski definition) is 0. The molecule has 2 nitrogen and oxygen atoms in total. The zero-order chi connectivity index (χ0) is 9.52. The summed E-state index contributed by atoms with van der Waals surface area (Å²) < 4.78 is 0. The Balaban J connectivity index is 2.13. The van der Waals surface area contributed by atoms with Crippen LogP contribution < -0.4 is 0 Å². The Morgan fingerprint density at radius 2 is 1.85 bits per heavy atom. The van der Waals surface area contributed by atoms with Gasteiger partial charge < -0.3 is 0 Å². The molecule has 0 unspecified atom stereocenters. The summed E-state index contributed by atoms with van der Waals surface area (Å²) in [5.74, 6) is 1.78. The molecular formula is C11H19NO. The number of nitrogens with zero attached hydrogens (tertiary/aromatic N) is 1. The molecule has 0 amide bonds. The minimum absolute atomic E-state index is 0.685. The lowest BCUT2D eigenvalue weighted by Gasteiger charge is -2.27. The Labute approximate surface area is 80.4 Å². The SMILES string of the molecule is CCC1CCC(CCN=C=O)CC1. The standard InChI is InChI=1S/C11H19NO/c1-2-10-3-5-11(6-4-10)7-8-12-9-13/h10-11H,2-8H2,1H3. The zero-order valence-electron chi connectivity index (χ0n) is 8.46. The van der Waals surface area contributed by atoms with Crippen molar-refractivity contribution in [2.24, 2.45) is 16.8 Å². The van der Waals surface area contributed by atoms with Crippen LogP contribution in [0.2, 0.25) is 0 Å². The fourth-order valence-electron chi connectivity index (χ4n) is 2.22. The van der Waals surface area contributed by atoms with E-state index < -0.39 is 0 Å². The van der Waals surface area contributed by atoms with Crippen molar-refractivity contribution in [2.75, 3.05) is 6.54 Å². The second kappa shape index (κ2) is 5.93. The van der Waals surface area contributed by atoms with Gasteiger partial charge in [-0.3, -0.25) is 0 Å². The molecule has 1 fully saturated rings. The van der Waals surface area contributed by atoms with E-state index in [2.05, 4.69) is 11.9 Å². The highest BCUT2D eigenvalue weighted by molar-refractivity contribution is 5.32. The molecule has 0 bridgehead atoms. The summed E-state index contributed by atoms with van der Waals surface area (Å²) in [7, 11) is 0. The lowest BCUT2D eigenvalue weighted by molar-refractivity contribution is 0.261. The van der Waals surface area contributed by atoms with Gasteiger partial charge in [-0.05, 0) is 18.3 Å². The topological polar surface area (TPSA) is 29.4 Å². The molecule has 0 saturated heterocycles. The number of carbonyl (C=O) groups excluding carboxylic acids is 1. The predicted octanol–water partition coefficient (Wildman–Crippen LogP) is 2.93. The van der Waals surface area contributed by atoms with E-state index in [0.29, 0.717) is 6.54 Å². The summed E-state index contributed by atoms with van der Waals surface area (Å²) in [6, 6.07) is 0. The van der Waals surface area contributed by atoms with Crippen LogP contribution in [0.15, 0.2) is 4.99 Å². The van der Waals surface area contributed by atoms with E-state index in [9.17, 15) is 4.79 Å². The fraction of sp³-hybridized carbons (Fsp3) is 0.909. The molecule has 1 rings (SSSR count). The molecule has 2 heteroatoms. The Morgan fingerprint density at radius 1 is 1.23 bits per heavy atom. The molecule has 13 heavy (non-hydrogen) atoms. The van der Waals surface area contributed by atoms with Crippen molar-refractivity contribution in [2.45, 2.75) is 45.4 Å². The highest BCUT2D eigenvalue weighted by Crippen LogP contribution is 2.32. The Bertz CT molecular complexity index is 177. The molecule has 0 aromatic carbocycles. The maximum Gasteiger partial charge on any atom is 0.234 e. The van der Waals surface area contributed by atoms with Crippen molar-refractivity contribution in [1.29, 1.82) is 0 Å². The van der Waals surface area contributed by atoms with Gasteiger partial charge in [-0.2, -0.15) is 0 Å². The van der Waals surface area contributed by atoms with Crippen LogP contribution in [-0.2, 0) is 4.79 Å². The van der Waals surface area contributed by atoms with Gasteiger partial charge in [-0.15, -0.1) is 0 Å². The lowest BCUT2D eigenvalue weighted by atomic mass is 9.79. The van der Waals surface area contributed by atoms with Crippen LogP contribution in [0, 0.1) is 11.8 Å². The van der Waals surface area contributed by atoms with Crippen molar-refractivity contribution in [3.8, 4) is 0 Å². The summed E-state index contributed by atoms with van der Waals surface area (Å²) in [6.45, 7) is 2.96. The molecule has 1 saturated carbocycles. The Kier molecular flexibility index (Phi) is 4.77. The average Bonchev–Trinajstić information content (AvgIpc) is 2.19. The number of rotatable bonds is 4. The van der Waals surface area contributed by atoms with Crippen LogP contribution in [0.4, 0.5) is 0 Å². The van der Waals surface area contributed by atoms with E-state index >= 15 is 0 Å². The minimum atomic E-state index is 0.685. The van der Waals surface area contributed by atoms with Crippen LogP contribution in [-0.4, -0.2) is 12.6 Å². The quantitative estimate of drug-likeness (QED) is 0.484. The van der Waals surface area contributed by atoms with E-state index in [-0.39, 0.29) is 0 Å². The Hall–Kier alpha value is -0.620. The molecule has 0 atom stereocenters. The van der Waals surface area contributed by atoms with Crippen LogP contribution in [0.1, 0.15) is 45.4 Å². The molecule has 0 heterocycles. The van der Waals surface area contributed by atoms with Crippen molar-refractivity contribution in [3.63, 3.8) is 0 Å². The first-order chi connectivity index (χ1) is 6.36. The molecule has 1 aliphatic rings. The third kappa shape index (κ3) is 3.73. The monoisotopic (exact) mass is 181 g/mol. The molecule has 0 aromatic heterocycles. The molecule has 0 radical (unpaired) electrons. The van der Waals surface area contributed by atoms with Gasteiger partial charge in [0.25, 0.3) is 0 Å². The highest BCUT2D eigenvalue weighted by Gasteiger charge is 2.19. The number of aliphatic imine (C=N–C) groups is 1. The zero-order valence-corrected chi connectivity index (χ0v) is 8.46. The van der Waals surface area contributed by atoms with Crippen LogP contribution in [0.3, 0.4) is 0 Å². The summed E-state index contributed by atoms with van der Waals surface area (Å²) in [5.41, 5.74) is 0. The van der Waals surface area contributed by atoms with Crippen LogP contribution in [0.5, 0.6) is 0 Å². The van der Waals surface area contributed by atoms with Crippen molar-refractivity contribution in [3.05, 3.63) is 0 Å². The molecule has 0 N–H and O–H groups in total. The van der Waals surface area contributed by atoms with Gasteiger partial charge in [-0.25, -0.2) is 9.79 Å². The highest BCUT2D eigenvalue weighted by atomic mass is 16.1. The first kappa shape index (κ1) is 10.5. The predicted molar refractivity (Wildman–Crippen MR) is 53.3 cm³/mol. The van der Waals surface area contributed by atoms with Gasteiger partial charge in [0, 0.05) is 0 Å². The summed E-state index contributed by atoms with van der Waals surface area (Å²) in [5, 5.41) is 0. The largest absolute Gasteiger partial charge is 0.234 e. The number of hydrogen-bond acceptors (Lipinski definition) is 2. The van der Waals surface area contributed by atoms with Gasteiger partial charge in [0.1, 0.15) is 0 Å². The van der Waals surface area contributed by atoms with Gasteiger partial charge >= 0.3 is 0 Å². The third-order valence-electron chi connectivity index (χ3n) is 3.26. The summed E-state index contributed by atoms with van der Waals surface area (Å²) in [4.78, 5) is 13.5. The molecule has 1 aliphatic carbocycles. The van der Waals surface area contributed by atoms with Gasteiger partial charge in [0.15, 0.2) is 0 Å². The van der Waals surface area contributed by atoms with E-state index in [1.54, 1.807) is 6.08 Å². The summed E-state index contributed by atoms with van der Waals surface area (Å²) in [6.07, 6.45) is 9.47. The van der Waals surface area contributed by atoms with E-state index in [0.717, 1.165) is 18.3 Å². The lowest BCUT2D eigenvalue weighted by Crippen LogP contribution is -2.14. The first-order valence-electron chi connectivity index (χ1n) is 5.40. The van der Waals surface area contributed by atoms with Crippen molar-refractivity contribution in [1.82, 2.24) is 0 Å². The maximum absolute atomic E-state index is 9.85. The first-order valence-corrected chi connectivity index (χ1v) is 5.40. The van der Waals surface area contributed by atoms with Crippen LogP contribution in [0.25, 0.3) is 0 Å². The third-order valence-corrected chi connectivity index (χ3v) is 3.26. The summed E-state index contributed by atoms with van der Waals surface area (Å²) >= 11 is 0. The smallest absolute Gasteiger partial charge is 0.211 e. The van der Waals surface area contributed by atoms with E-state index in [4.69, 9.17) is 0 Å². The second-order valence-corrected chi connectivity index (χ2v) is 4.06. The van der Waals surface area contributed by atoms with E-state index in [1.807, 2.05) is 0 Å². The minimum Gasteiger partial charge on any atom is -0.211 e. The van der Waals surface area contributed by atoms with Crippen molar-refractivity contribution >= 4 is 6.08 Å². The van der Waals surface area contributed by atoms with Gasteiger partial charge in [0.2, 0.25) is 6.08 Å². The molecular weight excluding hydrogens is 162 g/mol. The van der Waals surface area contributed by atoms with Crippen LogP contribution >= 0.6 is 0 Å².